The highest BCUT2D eigenvalue weighted by atomic mass is 32.1. The molecule has 0 bridgehead atoms. The highest BCUT2D eigenvalue weighted by Crippen LogP contribution is 2.22. The van der Waals surface area contributed by atoms with E-state index in [1.54, 1.807) is 31.3 Å². The zero-order valence-corrected chi connectivity index (χ0v) is 13.7. The third-order valence-corrected chi connectivity index (χ3v) is 3.63. The molecule has 2 aromatic carbocycles. The van der Waals surface area contributed by atoms with Crippen molar-refractivity contribution in [3.63, 3.8) is 0 Å². The predicted octanol–water partition coefficient (Wildman–Crippen LogP) is 2.65. The lowest BCUT2D eigenvalue weighted by Crippen LogP contribution is -2.40. The number of anilines is 1. The molecule has 0 radical (unpaired) electrons. The Bertz CT molecular complexity index is 824. The van der Waals surface area contributed by atoms with E-state index in [9.17, 15) is 25.0 Å². The number of nitrogens with zero attached hydrogens (tertiary/aromatic N) is 3. The van der Waals surface area contributed by atoms with E-state index in [2.05, 4.69) is 5.32 Å². The minimum Gasteiger partial charge on any atom is -0.322 e. The molecule has 2 rings (SSSR count). The summed E-state index contributed by atoms with van der Waals surface area (Å²) in [6.07, 6.45) is 0. The molecule has 25 heavy (non-hydrogen) atoms. The maximum Gasteiger partial charge on any atom is 0.277 e. The summed E-state index contributed by atoms with van der Waals surface area (Å²) in [7, 11) is 1.63. The van der Waals surface area contributed by atoms with Crippen molar-refractivity contribution in [3.05, 3.63) is 74.3 Å². The molecule has 9 nitrogen and oxygen atoms in total. The highest BCUT2D eigenvalue weighted by molar-refractivity contribution is 7.80. The number of benzene rings is 2. The molecule has 10 heteroatoms. The number of carbonyl (C=O) groups is 1. The Morgan fingerprint density at radius 2 is 1.56 bits per heavy atom. The Balaban J connectivity index is 2.24. The Kier molecular flexibility index (Phi) is 5.35. The molecule has 1 amide bonds. The zero-order chi connectivity index (χ0) is 18.6. The molecule has 128 valence electrons. The van der Waals surface area contributed by atoms with Crippen molar-refractivity contribution in [3.8, 4) is 0 Å². The van der Waals surface area contributed by atoms with Crippen LogP contribution in [0.1, 0.15) is 10.4 Å². The van der Waals surface area contributed by atoms with E-state index in [4.69, 9.17) is 12.2 Å². The number of amides is 1. The first-order valence-corrected chi connectivity index (χ1v) is 7.28. The third-order valence-electron chi connectivity index (χ3n) is 3.25. The van der Waals surface area contributed by atoms with Crippen LogP contribution in [0.15, 0.2) is 48.5 Å². The lowest BCUT2D eigenvalue weighted by molar-refractivity contribution is -0.394. The molecule has 0 aliphatic heterocycles. The highest BCUT2D eigenvalue weighted by Gasteiger charge is 2.21. The second kappa shape index (κ2) is 7.45. The minimum absolute atomic E-state index is 0.0466. The number of nitro groups is 2. The number of para-hydroxylation sites is 1. The minimum atomic E-state index is -0.807. The maximum atomic E-state index is 12.3. The molecule has 0 spiro atoms. The number of nitro benzene ring substituents is 2. The number of nitrogens with one attached hydrogen (secondary N) is 1. The normalized spacial score (nSPS) is 9.96. The fourth-order valence-corrected chi connectivity index (χ4v) is 2.16. The van der Waals surface area contributed by atoms with Gasteiger partial charge in [0.2, 0.25) is 0 Å². The van der Waals surface area contributed by atoms with Crippen LogP contribution in [0.5, 0.6) is 0 Å². The molecule has 2 aromatic rings. The molecule has 0 unspecified atom stereocenters. The molecule has 0 aliphatic rings. The second-order valence-electron chi connectivity index (χ2n) is 4.91. The first-order valence-electron chi connectivity index (χ1n) is 6.87. The molecule has 1 N–H and O–H groups in total. The first kappa shape index (κ1) is 17.9. The Hall–Kier alpha value is -3.40. The van der Waals surface area contributed by atoms with Crippen molar-refractivity contribution >= 4 is 40.3 Å². The molecule has 0 saturated carbocycles. The van der Waals surface area contributed by atoms with E-state index >= 15 is 0 Å². The largest absolute Gasteiger partial charge is 0.322 e. The van der Waals surface area contributed by atoms with E-state index < -0.39 is 27.1 Å². The SMILES string of the molecule is CN(C(=S)NC(=O)c1cc([N+](=O)[O-])cc([N+](=O)[O-])c1)c1ccccc1. The van der Waals surface area contributed by atoms with Crippen LogP contribution in [-0.2, 0) is 0 Å². The number of carbonyl (C=O) groups excluding carboxylic acids is 1. The van der Waals surface area contributed by atoms with Crippen LogP contribution in [0.25, 0.3) is 0 Å². The Labute approximate surface area is 147 Å². The third kappa shape index (κ3) is 4.32. The van der Waals surface area contributed by atoms with Gasteiger partial charge in [0.1, 0.15) is 0 Å². The Morgan fingerprint density at radius 1 is 1.04 bits per heavy atom. The van der Waals surface area contributed by atoms with Gasteiger partial charge in [-0.2, -0.15) is 0 Å². The van der Waals surface area contributed by atoms with Crippen molar-refractivity contribution < 1.29 is 14.6 Å². The molecule has 0 atom stereocenters. The van der Waals surface area contributed by atoms with Gasteiger partial charge >= 0.3 is 0 Å². The smallest absolute Gasteiger partial charge is 0.277 e. The number of rotatable bonds is 4. The molecule has 0 saturated heterocycles. The van der Waals surface area contributed by atoms with E-state index in [1.807, 2.05) is 6.07 Å². The first-order chi connectivity index (χ1) is 11.8. The van der Waals surface area contributed by atoms with Crippen LogP contribution in [0, 0.1) is 20.2 Å². The quantitative estimate of drug-likeness (QED) is 0.506. The molecule has 0 heterocycles. The number of non-ortho nitro benzene ring substituents is 2. The van der Waals surface area contributed by atoms with Crippen molar-refractivity contribution in [2.75, 3.05) is 11.9 Å². The summed E-state index contributed by atoms with van der Waals surface area (Å²) >= 11 is 5.13. The number of hydrogen-bond donors (Lipinski definition) is 1. The summed E-state index contributed by atoms with van der Waals surface area (Å²) in [4.78, 5) is 33.9. The van der Waals surface area contributed by atoms with Gasteiger partial charge in [0.05, 0.1) is 21.5 Å². The summed E-state index contributed by atoms with van der Waals surface area (Å²) in [6, 6.07) is 11.6. The average Bonchev–Trinajstić information content (AvgIpc) is 2.61. The van der Waals surface area contributed by atoms with E-state index in [0.717, 1.165) is 23.9 Å². The van der Waals surface area contributed by atoms with Crippen molar-refractivity contribution in [2.24, 2.45) is 0 Å². The molecular weight excluding hydrogens is 348 g/mol. The van der Waals surface area contributed by atoms with Crippen LogP contribution in [0.3, 0.4) is 0 Å². The molecule has 0 aromatic heterocycles. The van der Waals surface area contributed by atoms with E-state index in [1.165, 1.54) is 4.90 Å². The van der Waals surface area contributed by atoms with Crippen LogP contribution < -0.4 is 10.2 Å². The molecule has 0 aliphatic carbocycles. The van der Waals surface area contributed by atoms with Gasteiger partial charge in [-0.05, 0) is 24.4 Å². The topological polar surface area (TPSA) is 119 Å². The van der Waals surface area contributed by atoms with E-state index in [0.29, 0.717) is 0 Å². The monoisotopic (exact) mass is 360 g/mol. The number of hydrogen-bond acceptors (Lipinski definition) is 6. The van der Waals surface area contributed by atoms with Crippen LogP contribution >= 0.6 is 12.2 Å². The maximum absolute atomic E-state index is 12.3. The lowest BCUT2D eigenvalue weighted by Gasteiger charge is -2.20. The van der Waals surface area contributed by atoms with Gasteiger partial charge in [-0.3, -0.25) is 30.3 Å². The Morgan fingerprint density at radius 3 is 2.04 bits per heavy atom. The van der Waals surface area contributed by atoms with Gasteiger partial charge in [-0.15, -0.1) is 0 Å². The summed E-state index contributed by atoms with van der Waals surface area (Å²) in [5.41, 5.74) is -0.620. The lowest BCUT2D eigenvalue weighted by atomic mass is 10.1. The summed E-state index contributed by atoms with van der Waals surface area (Å²) in [5.74, 6) is -0.778. The molecule has 0 fully saturated rings. The fraction of sp³-hybridized carbons (Fsp3) is 0.0667. The van der Waals surface area contributed by atoms with Crippen LogP contribution in [0.2, 0.25) is 0 Å². The number of thiocarbonyl (C=S) groups is 1. The van der Waals surface area contributed by atoms with Gasteiger partial charge in [0, 0.05) is 24.9 Å². The van der Waals surface area contributed by atoms with Crippen LogP contribution in [-0.4, -0.2) is 27.9 Å². The van der Waals surface area contributed by atoms with Crippen LogP contribution in [0.4, 0.5) is 17.1 Å². The fourth-order valence-electron chi connectivity index (χ4n) is 1.96. The predicted molar refractivity (Wildman–Crippen MR) is 94.7 cm³/mol. The van der Waals surface area contributed by atoms with E-state index in [-0.39, 0.29) is 10.7 Å². The molecular formula is C15H12N4O5S. The van der Waals surface area contributed by atoms with Gasteiger partial charge in [0.25, 0.3) is 17.3 Å². The second-order valence-corrected chi connectivity index (χ2v) is 5.29. The van der Waals surface area contributed by atoms with Crippen molar-refractivity contribution in [2.45, 2.75) is 0 Å². The zero-order valence-electron chi connectivity index (χ0n) is 12.9. The van der Waals surface area contributed by atoms with Crippen molar-refractivity contribution in [1.82, 2.24) is 5.32 Å². The van der Waals surface area contributed by atoms with Gasteiger partial charge in [-0.25, -0.2) is 0 Å². The van der Waals surface area contributed by atoms with Gasteiger partial charge in [-0.1, -0.05) is 18.2 Å². The van der Waals surface area contributed by atoms with Gasteiger partial charge in [0.15, 0.2) is 5.11 Å². The van der Waals surface area contributed by atoms with Crippen molar-refractivity contribution in [1.29, 1.82) is 0 Å². The average molecular weight is 360 g/mol. The summed E-state index contributed by atoms with van der Waals surface area (Å²) in [5, 5.41) is 24.2. The summed E-state index contributed by atoms with van der Waals surface area (Å²) < 4.78 is 0. The summed E-state index contributed by atoms with van der Waals surface area (Å²) in [6.45, 7) is 0. The standard InChI is InChI=1S/C15H12N4O5S/c1-17(11-5-3-2-4-6-11)15(25)16-14(20)10-7-12(18(21)22)9-13(8-10)19(23)24/h2-9H,1H3,(H,16,20,25). The van der Waals surface area contributed by atoms with Gasteiger partial charge < -0.3 is 4.90 Å².